The van der Waals surface area contributed by atoms with Crippen molar-refractivity contribution >= 4 is 0 Å². The molecule has 0 saturated heterocycles. The highest BCUT2D eigenvalue weighted by molar-refractivity contribution is 4.85. The van der Waals surface area contributed by atoms with Crippen molar-refractivity contribution in [3.63, 3.8) is 0 Å². The second kappa shape index (κ2) is 50.0. The van der Waals surface area contributed by atoms with Crippen molar-refractivity contribution in [2.75, 3.05) is 0 Å². The summed E-state index contributed by atoms with van der Waals surface area (Å²) >= 11 is 0. The molecule has 0 bridgehead atoms. The minimum atomic E-state index is 0.833. The SMILES string of the molecule is C1CCC2CCC2C1.C1CCC2CCC2C1.C1CCC2CCCCC2C1.C1CCC2CCCCC2C1.C1CCC2CCCCC2C1.C1CCC2CCCCC2C1.CC(C)C.CC(C)C.CC(C)C.CC(C)C.CC(C)C.CC(C)C. The Labute approximate surface area is 511 Å². The number of fused-ring (bicyclic) bond motifs is 6. The van der Waals surface area contributed by atoms with Gasteiger partial charge in [-0.15, -0.1) is 0 Å². The highest BCUT2D eigenvalue weighted by atomic mass is 14.4. The molecule has 480 valence electrons. The molecular formula is C80H160. The summed E-state index contributed by atoms with van der Waals surface area (Å²) < 4.78 is 0. The molecule has 0 aliphatic heterocycles. The molecule has 0 heteroatoms. The molecule has 4 atom stereocenters. The van der Waals surface area contributed by atoms with Gasteiger partial charge in [0.15, 0.2) is 0 Å². The molecule has 4 unspecified atom stereocenters. The van der Waals surface area contributed by atoms with Crippen LogP contribution in [0.1, 0.15) is 407 Å². The Kier molecular flexibility index (Phi) is 48.8. The fourth-order valence-corrected chi connectivity index (χ4v) is 15.9. The van der Waals surface area contributed by atoms with E-state index >= 15 is 0 Å². The molecule has 0 nitrogen and oxygen atoms in total. The molecule has 0 amide bonds. The van der Waals surface area contributed by atoms with Gasteiger partial charge in [-0.05, 0) is 132 Å². The molecule has 0 aromatic carbocycles. The Morgan fingerprint density at radius 2 is 0.163 bits per heavy atom. The zero-order chi connectivity index (χ0) is 59.5. The molecule has 12 aliphatic carbocycles. The molecule has 0 spiro atoms. The van der Waals surface area contributed by atoms with Gasteiger partial charge in [0.05, 0.1) is 0 Å². The number of hydrogen-bond acceptors (Lipinski definition) is 0. The van der Waals surface area contributed by atoms with E-state index in [0.717, 1.165) is 82.9 Å². The van der Waals surface area contributed by atoms with Crippen LogP contribution in [0.3, 0.4) is 0 Å². The largest absolute Gasteiger partial charge is 0.0630 e. The fourth-order valence-electron chi connectivity index (χ4n) is 15.9. The molecule has 80 heavy (non-hydrogen) atoms. The predicted molar refractivity (Wildman–Crippen MR) is 368 cm³/mol. The zero-order valence-electron chi connectivity index (χ0n) is 59.5. The van der Waals surface area contributed by atoms with Crippen LogP contribution in [0.15, 0.2) is 0 Å². The van der Waals surface area contributed by atoms with E-state index in [9.17, 15) is 0 Å². The third-order valence-electron chi connectivity index (χ3n) is 19.8. The summed E-state index contributed by atoms with van der Waals surface area (Å²) in [5.41, 5.74) is 0. The van der Waals surface area contributed by atoms with Crippen LogP contribution in [-0.2, 0) is 0 Å². The summed E-state index contributed by atoms with van der Waals surface area (Å²) in [5, 5.41) is 0. The van der Waals surface area contributed by atoms with E-state index in [1.54, 1.807) is 154 Å². The van der Waals surface area contributed by atoms with Crippen LogP contribution in [-0.4, -0.2) is 0 Å². The second-order valence-electron chi connectivity index (χ2n) is 33.5. The second-order valence-corrected chi connectivity index (χ2v) is 33.5. The summed E-state index contributed by atoms with van der Waals surface area (Å²) in [6, 6.07) is 0. The van der Waals surface area contributed by atoms with Crippen LogP contribution in [0.5, 0.6) is 0 Å². The lowest BCUT2D eigenvalue weighted by atomic mass is 9.66. The van der Waals surface area contributed by atoms with Crippen LogP contribution in [0.25, 0.3) is 0 Å². The van der Waals surface area contributed by atoms with Crippen molar-refractivity contribution in [1.29, 1.82) is 0 Å². The van der Waals surface area contributed by atoms with Crippen molar-refractivity contribution in [2.45, 2.75) is 407 Å². The minimum absolute atomic E-state index is 0.833. The quantitative estimate of drug-likeness (QED) is 0.227. The van der Waals surface area contributed by atoms with E-state index in [-0.39, 0.29) is 0 Å². The molecule has 0 aromatic heterocycles. The van der Waals surface area contributed by atoms with Crippen LogP contribution in [0.4, 0.5) is 0 Å². The van der Waals surface area contributed by atoms with Gasteiger partial charge in [0.1, 0.15) is 0 Å². The van der Waals surface area contributed by atoms with E-state index in [1.807, 2.05) is 0 Å². The van der Waals surface area contributed by atoms with Gasteiger partial charge in [0.25, 0.3) is 0 Å². The lowest BCUT2D eigenvalue weighted by molar-refractivity contribution is 0.115. The maximum atomic E-state index is 2.17. The summed E-state index contributed by atoms with van der Waals surface area (Å²) in [7, 11) is 0. The third-order valence-corrected chi connectivity index (χ3v) is 19.8. The van der Waals surface area contributed by atoms with Gasteiger partial charge in [0, 0.05) is 0 Å². The molecule has 12 fully saturated rings. The van der Waals surface area contributed by atoms with Gasteiger partial charge < -0.3 is 0 Å². The highest BCUT2D eigenvalue weighted by Gasteiger charge is 2.34. The van der Waals surface area contributed by atoms with Gasteiger partial charge >= 0.3 is 0 Å². The Bertz CT molecular complexity index is 957. The average molecular weight is 1120 g/mol. The van der Waals surface area contributed by atoms with E-state index in [1.165, 1.54) is 152 Å². The summed E-state index contributed by atoms with van der Waals surface area (Å²) in [6.07, 6.45) is 68.0. The van der Waals surface area contributed by atoms with Crippen molar-refractivity contribution < 1.29 is 0 Å². The number of hydrogen-bond donors (Lipinski definition) is 0. The van der Waals surface area contributed by atoms with E-state index < -0.39 is 0 Å². The Morgan fingerprint density at radius 3 is 0.200 bits per heavy atom. The van der Waals surface area contributed by atoms with E-state index in [2.05, 4.69) is 125 Å². The Hall–Kier alpha value is 0. The first-order valence-corrected chi connectivity index (χ1v) is 38.2. The maximum absolute atomic E-state index is 2.17. The van der Waals surface area contributed by atoms with Crippen LogP contribution in [0, 0.1) is 107 Å². The minimum Gasteiger partial charge on any atom is -0.0630 e. The summed E-state index contributed by atoms with van der Waals surface area (Å²) in [4.78, 5) is 0. The van der Waals surface area contributed by atoms with Crippen molar-refractivity contribution in [1.82, 2.24) is 0 Å². The third kappa shape index (κ3) is 42.8. The first kappa shape index (κ1) is 78.0. The number of rotatable bonds is 0. The Morgan fingerprint density at radius 1 is 0.113 bits per heavy atom. The van der Waals surface area contributed by atoms with Gasteiger partial charge in [-0.25, -0.2) is 0 Å². The summed E-state index contributed by atoms with van der Waals surface area (Å²) in [5.74, 6) is 19.0. The van der Waals surface area contributed by atoms with E-state index in [0.29, 0.717) is 0 Å². The van der Waals surface area contributed by atoms with E-state index in [4.69, 9.17) is 0 Å². The zero-order valence-corrected chi connectivity index (χ0v) is 59.5. The van der Waals surface area contributed by atoms with Crippen molar-refractivity contribution in [3.05, 3.63) is 0 Å². The monoisotopic (exact) mass is 1120 g/mol. The lowest BCUT2D eigenvalue weighted by Gasteiger charge is -2.40. The molecule has 0 N–H and O–H groups in total. The highest BCUT2D eigenvalue weighted by Crippen LogP contribution is 2.46. The standard InChI is InChI=1S/4C10H18.2C8H14.6C4H10/c4*1-2-6-10-8-4-3-7-9(10)5-1;2*1-2-4-8-6-5-7(8)3-1;6*1-4(2)3/h4*9-10H,1-8H2;2*7-8H,1-6H2;6*4H,1-3H3. The topological polar surface area (TPSA) is 0 Å². The average Bonchev–Trinajstić information content (AvgIpc) is 3.40. The van der Waals surface area contributed by atoms with Crippen LogP contribution < -0.4 is 0 Å². The molecule has 0 aromatic rings. The van der Waals surface area contributed by atoms with Crippen molar-refractivity contribution in [3.8, 4) is 0 Å². The van der Waals surface area contributed by atoms with Gasteiger partial charge in [-0.2, -0.15) is 0 Å². The molecule has 0 radical (unpaired) electrons. The van der Waals surface area contributed by atoms with Crippen molar-refractivity contribution in [2.24, 2.45) is 107 Å². The first-order chi connectivity index (χ1) is 38.2. The van der Waals surface area contributed by atoms with Crippen LogP contribution >= 0.6 is 0 Å². The molecule has 12 aliphatic rings. The molecule has 12 rings (SSSR count). The fraction of sp³-hybridized carbons (Fsp3) is 1.00. The van der Waals surface area contributed by atoms with Gasteiger partial charge in [0.2, 0.25) is 0 Å². The maximum Gasteiger partial charge on any atom is -0.0386 e. The molecular weight excluding hydrogens is 961 g/mol. The smallest absolute Gasteiger partial charge is 0.0386 e. The Balaban J connectivity index is 0.000000446. The molecule has 0 heterocycles. The predicted octanol–water partition coefficient (Wildman–Crippen LogP) is 28.6. The van der Waals surface area contributed by atoms with Gasteiger partial charge in [-0.3, -0.25) is 0 Å². The summed E-state index contributed by atoms with van der Waals surface area (Å²) in [6.45, 7) is 39.0. The van der Waals surface area contributed by atoms with Gasteiger partial charge in [-0.1, -0.05) is 381 Å². The molecule has 12 saturated carbocycles. The first-order valence-electron chi connectivity index (χ1n) is 38.2. The normalized spacial score (nSPS) is 32.1. The lowest BCUT2D eigenvalue weighted by Crippen LogP contribution is -2.28. The van der Waals surface area contributed by atoms with Crippen LogP contribution in [0.2, 0.25) is 0 Å².